The lowest BCUT2D eigenvalue weighted by atomic mass is 10.4. The summed E-state index contributed by atoms with van der Waals surface area (Å²) >= 11 is 0. The minimum Gasteiger partial charge on any atom is -0.468 e. The van der Waals surface area contributed by atoms with Gasteiger partial charge in [-0.3, -0.25) is 9.59 Å². The van der Waals surface area contributed by atoms with E-state index in [1.54, 1.807) is 18.3 Å². The maximum Gasteiger partial charge on any atom is 0.325 e. The molecule has 0 radical (unpaired) electrons. The molecule has 4 nitrogen and oxygen atoms in total. The molecule has 0 unspecified atom stereocenters. The van der Waals surface area contributed by atoms with Crippen LogP contribution in [0.25, 0.3) is 0 Å². The molecule has 0 saturated heterocycles. The highest BCUT2D eigenvalue weighted by molar-refractivity contribution is 5.68. The number of hydrogen-bond acceptors (Lipinski definition) is 3. The summed E-state index contributed by atoms with van der Waals surface area (Å²) in [6.45, 7) is -0.0316. The van der Waals surface area contributed by atoms with Gasteiger partial charge in [0.1, 0.15) is 6.54 Å². The molecule has 0 saturated carbocycles. The Morgan fingerprint density at radius 2 is 2.33 bits per heavy atom. The van der Waals surface area contributed by atoms with Crippen molar-refractivity contribution >= 4 is 5.97 Å². The largest absolute Gasteiger partial charge is 0.468 e. The fraction of sp³-hybridized carbons (Fsp3) is 0.250. The zero-order valence-corrected chi connectivity index (χ0v) is 6.69. The van der Waals surface area contributed by atoms with Crippen molar-refractivity contribution in [3.05, 3.63) is 34.7 Å². The molecule has 1 heterocycles. The van der Waals surface area contributed by atoms with E-state index in [-0.39, 0.29) is 12.1 Å². The SMILES string of the molecule is COC(=O)Cn1ccccc1=O. The summed E-state index contributed by atoms with van der Waals surface area (Å²) in [6, 6.07) is 4.70. The molecule has 0 bridgehead atoms. The molecule has 0 aliphatic carbocycles. The first-order valence-electron chi connectivity index (χ1n) is 3.46. The van der Waals surface area contributed by atoms with Gasteiger partial charge in [-0.2, -0.15) is 0 Å². The fourth-order valence-corrected chi connectivity index (χ4v) is 0.795. The minimum atomic E-state index is -0.428. The zero-order valence-electron chi connectivity index (χ0n) is 6.69. The van der Waals surface area contributed by atoms with Crippen LogP contribution >= 0.6 is 0 Å². The Labute approximate surface area is 69.4 Å². The summed E-state index contributed by atoms with van der Waals surface area (Å²) in [6.07, 6.45) is 1.54. The summed E-state index contributed by atoms with van der Waals surface area (Å²) in [5.74, 6) is -0.428. The summed E-state index contributed by atoms with van der Waals surface area (Å²) in [4.78, 5) is 21.8. The highest BCUT2D eigenvalue weighted by Crippen LogP contribution is 1.83. The van der Waals surface area contributed by atoms with Crippen molar-refractivity contribution in [1.82, 2.24) is 4.57 Å². The van der Waals surface area contributed by atoms with Gasteiger partial charge in [0.15, 0.2) is 0 Å². The maximum atomic E-state index is 11.0. The van der Waals surface area contributed by atoms with Gasteiger partial charge in [-0.05, 0) is 6.07 Å². The van der Waals surface area contributed by atoms with Crippen LogP contribution in [0.15, 0.2) is 29.2 Å². The summed E-state index contributed by atoms with van der Waals surface area (Å²) in [5, 5.41) is 0. The van der Waals surface area contributed by atoms with E-state index in [9.17, 15) is 9.59 Å². The molecule has 0 aliphatic rings. The second-order valence-corrected chi connectivity index (χ2v) is 2.24. The van der Waals surface area contributed by atoms with Crippen LogP contribution in [-0.4, -0.2) is 17.6 Å². The quantitative estimate of drug-likeness (QED) is 0.583. The molecule has 0 atom stereocenters. The van der Waals surface area contributed by atoms with Crippen LogP contribution in [0.2, 0.25) is 0 Å². The van der Waals surface area contributed by atoms with Crippen molar-refractivity contribution in [3.63, 3.8) is 0 Å². The average Bonchev–Trinajstić information content (AvgIpc) is 2.09. The van der Waals surface area contributed by atoms with Gasteiger partial charge in [-0.15, -0.1) is 0 Å². The molecular weight excluding hydrogens is 158 g/mol. The van der Waals surface area contributed by atoms with Crippen molar-refractivity contribution in [2.24, 2.45) is 0 Å². The van der Waals surface area contributed by atoms with Gasteiger partial charge < -0.3 is 9.30 Å². The van der Waals surface area contributed by atoms with Gasteiger partial charge in [0.05, 0.1) is 7.11 Å². The first-order chi connectivity index (χ1) is 5.74. The molecule has 0 amide bonds. The molecule has 12 heavy (non-hydrogen) atoms. The molecule has 64 valence electrons. The van der Waals surface area contributed by atoms with Crippen molar-refractivity contribution in [2.75, 3.05) is 7.11 Å². The predicted molar refractivity (Wildman–Crippen MR) is 42.7 cm³/mol. The van der Waals surface area contributed by atoms with Crippen LogP contribution in [0.5, 0.6) is 0 Å². The van der Waals surface area contributed by atoms with Crippen LogP contribution in [0.4, 0.5) is 0 Å². The molecule has 0 N–H and O–H groups in total. The smallest absolute Gasteiger partial charge is 0.325 e. The van der Waals surface area contributed by atoms with E-state index in [4.69, 9.17) is 0 Å². The van der Waals surface area contributed by atoms with Gasteiger partial charge in [0.25, 0.3) is 5.56 Å². The van der Waals surface area contributed by atoms with Crippen molar-refractivity contribution < 1.29 is 9.53 Å². The molecule has 4 heteroatoms. The van der Waals surface area contributed by atoms with E-state index < -0.39 is 5.97 Å². The third-order valence-corrected chi connectivity index (χ3v) is 1.43. The van der Waals surface area contributed by atoms with Gasteiger partial charge in [-0.25, -0.2) is 0 Å². The van der Waals surface area contributed by atoms with Crippen molar-refractivity contribution in [1.29, 1.82) is 0 Å². The number of aromatic nitrogens is 1. The lowest BCUT2D eigenvalue weighted by molar-refractivity contribution is -0.141. The zero-order chi connectivity index (χ0) is 8.97. The Bertz CT molecular complexity index is 329. The fourth-order valence-electron chi connectivity index (χ4n) is 0.795. The lowest BCUT2D eigenvalue weighted by Gasteiger charge is -2.01. The standard InChI is InChI=1S/C8H9NO3/c1-12-8(11)6-9-5-3-2-4-7(9)10/h2-5H,6H2,1H3. The van der Waals surface area contributed by atoms with Crippen LogP contribution in [0.3, 0.4) is 0 Å². The van der Waals surface area contributed by atoms with E-state index in [2.05, 4.69) is 4.74 Å². The molecule has 0 aromatic carbocycles. The Kier molecular flexibility index (Phi) is 2.63. The van der Waals surface area contributed by atoms with Gasteiger partial charge in [0.2, 0.25) is 0 Å². The van der Waals surface area contributed by atoms with E-state index in [0.29, 0.717) is 0 Å². The van der Waals surface area contributed by atoms with Crippen LogP contribution in [0, 0.1) is 0 Å². The molecule has 1 aromatic rings. The first-order valence-corrected chi connectivity index (χ1v) is 3.46. The average molecular weight is 167 g/mol. The molecule has 1 aromatic heterocycles. The van der Waals surface area contributed by atoms with E-state index in [1.807, 2.05) is 0 Å². The summed E-state index contributed by atoms with van der Waals surface area (Å²) < 4.78 is 5.69. The van der Waals surface area contributed by atoms with Crippen LogP contribution < -0.4 is 5.56 Å². The molecule has 1 rings (SSSR count). The topological polar surface area (TPSA) is 48.3 Å². The number of carbonyl (C=O) groups excluding carboxylic acids is 1. The maximum absolute atomic E-state index is 11.0. The highest BCUT2D eigenvalue weighted by atomic mass is 16.5. The van der Waals surface area contributed by atoms with Crippen molar-refractivity contribution in [2.45, 2.75) is 6.54 Å². The Balaban J connectivity index is 2.83. The molecular formula is C8H9NO3. The summed E-state index contributed by atoms with van der Waals surface area (Å²) in [7, 11) is 1.29. The number of pyridine rings is 1. The normalized spacial score (nSPS) is 9.42. The molecule has 0 aliphatic heterocycles. The van der Waals surface area contributed by atoms with Crippen LogP contribution in [-0.2, 0) is 16.1 Å². The number of hydrogen-bond donors (Lipinski definition) is 0. The lowest BCUT2D eigenvalue weighted by Crippen LogP contribution is -2.23. The number of esters is 1. The van der Waals surface area contributed by atoms with Crippen molar-refractivity contribution in [3.8, 4) is 0 Å². The third-order valence-electron chi connectivity index (χ3n) is 1.43. The van der Waals surface area contributed by atoms with Gasteiger partial charge >= 0.3 is 5.97 Å². The first kappa shape index (κ1) is 8.52. The third kappa shape index (κ3) is 1.95. The number of methoxy groups -OCH3 is 1. The monoisotopic (exact) mass is 167 g/mol. The Hall–Kier alpha value is -1.58. The number of rotatable bonds is 2. The van der Waals surface area contributed by atoms with Crippen LogP contribution in [0.1, 0.15) is 0 Å². The molecule has 0 fully saturated rings. The number of ether oxygens (including phenoxy) is 1. The van der Waals surface area contributed by atoms with E-state index in [1.165, 1.54) is 17.7 Å². The molecule has 0 spiro atoms. The minimum absolute atomic E-state index is 0.0316. The Morgan fingerprint density at radius 3 is 2.92 bits per heavy atom. The number of nitrogens with zero attached hydrogens (tertiary/aromatic N) is 1. The Morgan fingerprint density at radius 1 is 1.58 bits per heavy atom. The summed E-state index contributed by atoms with van der Waals surface area (Å²) in [5.41, 5.74) is -0.206. The second kappa shape index (κ2) is 3.71. The second-order valence-electron chi connectivity index (χ2n) is 2.24. The van der Waals surface area contributed by atoms with E-state index in [0.717, 1.165) is 0 Å². The number of carbonyl (C=O) groups is 1. The van der Waals surface area contributed by atoms with E-state index >= 15 is 0 Å². The highest BCUT2D eigenvalue weighted by Gasteiger charge is 2.01. The van der Waals surface area contributed by atoms with Gasteiger partial charge in [0, 0.05) is 12.3 Å². The van der Waals surface area contributed by atoms with Gasteiger partial charge in [-0.1, -0.05) is 6.07 Å². The predicted octanol–water partition coefficient (Wildman–Crippen LogP) is 0.0213.